The predicted octanol–water partition coefficient (Wildman–Crippen LogP) is 3.25. The van der Waals surface area contributed by atoms with Crippen molar-refractivity contribution in [2.75, 3.05) is 0 Å². The van der Waals surface area contributed by atoms with Gasteiger partial charge in [-0.2, -0.15) is 0 Å². The Balaban J connectivity index is 1.82. The zero-order valence-electron chi connectivity index (χ0n) is 14.4. The molecule has 0 amide bonds. The van der Waals surface area contributed by atoms with Gasteiger partial charge in [-0.15, -0.1) is 0 Å². The standard InChI is InChI=1S/C21H16N2O4/c1-21(26)14-7-3-2-6-12(14)13-10-17(18(24)11-19(13)27-21)23-16-9-5-4-8-15(16)22-20(23)25/h2-11,24,26H,1H3,(H,22,25). The van der Waals surface area contributed by atoms with Gasteiger partial charge in [0, 0.05) is 24.1 Å². The third kappa shape index (κ3) is 2.20. The van der Waals surface area contributed by atoms with Crippen LogP contribution in [0, 0.1) is 0 Å². The Bertz CT molecular complexity index is 1270. The van der Waals surface area contributed by atoms with Crippen molar-refractivity contribution in [3.05, 3.63) is 76.7 Å². The molecule has 1 atom stereocenters. The van der Waals surface area contributed by atoms with Gasteiger partial charge in [-0.3, -0.25) is 4.57 Å². The van der Waals surface area contributed by atoms with E-state index in [0.29, 0.717) is 33.6 Å². The lowest BCUT2D eigenvalue weighted by Crippen LogP contribution is -2.32. The molecule has 2 heterocycles. The number of aliphatic hydroxyl groups is 1. The second-order valence-corrected chi connectivity index (χ2v) is 6.75. The molecule has 5 rings (SSSR count). The number of fused-ring (bicyclic) bond motifs is 4. The van der Waals surface area contributed by atoms with Gasteiger partial charge in [0.1, 0.15) is 11.5 Å². The van der Waals surface area contributed by atoms with Crippen molar-refractivity contribution in [1.82, 2.24) is 9.55 Å². The lowest BCUT2D eigenvalue weighted by atomic mass is 9.91. The maximum Gasteiger partial charge on any atom is 0.331 e. The number of hydrogen-bond donors (Lipinski definition) is 3. The number of nitrogens with zero attached hydrogens (tertiary/aromatic N) is 1. The van der Waals surface area contributed by atoms with E-state index in [9.17, 15) is 15.0 Å². The van der Waals surface area contributed by atoms with Gasteiger partial charge >= 0.3 is 5.69 Å². The number of aromatic hydroxyl groups is 1. The van der Waals surface area contributed by atoms with Crippen molar-refractivity contribution >= 4 is 11.0 Å². The zero-order valence-corrected chi connectivity index (χ0v) is 14.4. The highest BCUT2D eigenvalue weighted by molar-refractivity contribution is 5.82. The number of hydrogen-bond acceptors (Lipinski definition) is 4. The van der Waals surface area contributed by atoms with Crippen LogP contribution < -0.4 is 10.4 Å². The van der Waals surface area contributed by atoms with Crippen LogP contribution in [0.3, 0.4) is 0 Å². The number of para-hydroxylation sites is 2. The van der Waals surface area contributed by atoms with E-state index >= 15 is 0 Å². The highest BCUT2D eigenvalue weighted by Crippen LogP contribution is 2.47. The summed E-state index contributed by atoms with van der Waals surface area (Å²) in [4.78, 5) is 15.3. The van der Waals surface area contributed by atoms with Crippen molar-refractivity contribution in [2.45, 2.75) is 12.7 Å². The van der Waals surface area contributed by atoms with Crippen LogP contribution >= 0.6 is 0 Å². The molecule has 0 radical (unpaired) electrons. The minimum absolute atomic E-state index is 0.115. The third-order valence-electron chi connectivity index (χ3n) is 4.93. The molecule has 0 fully saturated rings. The summed E-state index contributed by atoms with van der Waals surface area (Å²) >= 11 is 0. The number of phenolic OH excluding ortho intramolecular Hbond substituents is 1. The molecule has 3 N–H and O–H groups in total. The van der Waals surface area contributed by atoms with Gasteiger partial charge in [0.25, 0.3) is 0 Å². The van der Waals surface area contributed by atoms with Crippen molar-refractivity contribution < 1.29 is 14.9 Å². The van der Waals surface area contributed by atoms with Crippen LogP contribution in [0.5, 0.6) is 11.5 Å². The molecule has 3 aromatic carbocycles. The second kappa shape index (κ2) is 5.25. The van der Waals surface area contributed by atoms with Crippen molar-refractivity contribution in [3.8, 4) is 28.3 Å². The number of phenols is 1. The number of aromatic nitrogens is 2. The summed E-state index contributed by atoms with van der Waals surface area (Å²) in [6.45, 7) is 1.56. The van der Waals surface area contributed by atoms with Gasteiger partial charge in [-0.05, 0) is 23.8 Å². The monoisotopic (exact) mass is 360 g/mol. The van der Waals surface area contributed by atoms with Gasteiger partial charge in [0.2, 0.25) is 5.79 Å². The first-order valence-electron chi connectivity index (χ1n) is 8.54. The average Bonchev–Trinajstić information content (AvgIpc) is 2.97. The van der Waals surface area contributed by atoms with E-state index in [0.717, 1.165) is 5.56 Å². The lowest BCUT2D eigenvalue weighted by molar-refractivity contribution is -0.130. The third-order valence-corrected chi connectivity index (χ3v) is 4.93. The number of aromatic amines is 1. The van der Waals surface area contributed by atoms with E-state index in [1.54, 1.807) is 31.2 Å². The van der Waals surface area contributed by atoms with Crippen molar-refractivity contribution in [2.24, 2.45) is 0 Å². The summed E-state index contributed by atoms with van der Waals surface area (Å²) in [5, 5.41) is 21.2. The Morgan fingerprint density at radius 2 is 1.78 bits per heavy atom. The van der Waals surface area contributed by atoms with Crippen LogP contribution in [0.4, 0.5) is 0 Å². The molecule has 1 aromatic heterocycles. The quantitative estimate of drug-likeness (QED) is 0.486. The summed E-state index contributed by atoms with van der Waals surface area (Å²) in [6.07, 6.45) is 0. The van der Waals surface area contributed by atoms with E-state index < -0.39 is 5.79 Å². The van der Waals surface area contributed by atoms with E-state index in [1.165, 1.54) is 10.6 Å². The maximum atomic E-state index is 12.5. The highest BCUT2D eigenvalue weighted by atomic mass is 16.6. The number of benzene rings is 3. The normalized spacial score (nSPS) is 18.0. The summed E-state index contributed by atoms with van der Waals surface area (Å²) in [5.41, 5.74) is 3.45. The molecular weight excluding hydrogens is 344 g/mol. The summed E-state index contributed by atoms with van der Waals surface area (Å²) in [5.74, 6) is -1.27. The minimum Gasteiger partial charge on any atom is -0.506 e. The molecular formula is C21H16N2O4. The van der Waals surface area contributed by atoms with Gasteiger partial charge in [0.05, 0.1) is 16.7 Å². The largest absolute Gasteiger partial charge is 0.506 e. The first kappa shape index (κ1) is 15.7. The van der Waals surface area contributed by atoms with Gasteiger partial charge in [-0.25, -0.2) is 4.79 Å². The number of rotatable bonds is 1. The molecule has 6 heteroatoms. The lowest BCUT2D eigenvalue weighted by Gasteiger charge is -2.33. The summed E-state index contributed by atoms with van der Waals surface area (Å²) < 4.78 is 7.15. The Morgan fingerprint density at radius 1 is 1.04 bits per heavy atom. The van der Waals surface area contributed by atoms with E-state index in [-0.39, 0.29) is 11.4 Å². The molecule has 27 heavy (non-hydrogen) atoms. The predicted molar refractivity (Wildman–Crippen MR) is 101 cm³/mol. The van der Waals surface area contributed by atoms with Crippen LogP contribution in [0.15, 0.2) is 65.5 Å². The zero-order chi connectivity index (χ0) is 18.8. The van der Waals surface area contributed by atoms with Crippen LogP contribution in [0.2, 0.25) is 0 Å². The fraction of sp³-hybridized carbons (Fsp3) is 0.0952. The molecule has 0 aliphatic carbocycles. The number of nitrogens with one attached hydrogen (secondary N) is 1. The van der Waals surface area contributed by atoms with Crippen LogP contribution in [0.25, 0.3) is 27.8 Å². The number of ether oxygens (including phenoxy) is 1. The molecule has 1 aliphatic heterocycles. The first-order valence-corrected chi connectivity index (χ1v) is 8.54. The maximum absolute atomic E-state index is 12.5. The van der Waals surface area contributed by atoms with Gasteiger partial charge in [0.15, 0.2) is 0 Å². The molecule has 4 aromatic rings. The molecule has 0 saturated heterocycles. The molecule has 0 bridgehead atoms. The first-order chi connectivity index (χ1) is 13.0. The van der Waals surface area contributed by atoms with Crippen molar-refractivity contribution in [3.63, 3.8) is 0 Å². The average molecular weight is 360 g/mol. The van der Waals surface area contributed by atoms with E-state index in [2.05, 4.69) is 4.98 Å². The molecule has 134 valence electrons. The van der Waals surface area contributed by atoms with Crippen molar-refractivity contribution in [1.29, 1.82) is 0 Å². The summed E-state index contributed by atoms with van der Waals surface area (Å²) in [6, 6.07) is 17.8. The Kier molecular flexibility index (Phi) is 3.06. The van der Waals surface area contributed by atoms with Gasteiger partial charge < -0.3 is 19.9 Å². The topological polar surface area (TPSA) is 87.5 Å². The van der Waals surface area contributed by atoms with Crippen LogP contribution in [0.1, 0.15) is 12.5 Å². The van der Waals surface area contributed by atoms with Gasteiger partial charge in [-0.1, -0.05) is 36.4 Å². The summed E-state index contributed by atoms with van der Waals surface area (Å²) in [7, 11) is 0. The van der Waals surface area contributed by atoms with E-state index in [4.69, 9.17) is 4.74 Å². The molecule has 0 saturated carbocycles. The Labute approximate surface area is 153 Å². The fourth-order valence-corrected chi connectivity index (χ4v) is 3.72. The molecule has 1 unspecified atom stereocenters. The minimum atomic E-state index is -1.50. The Hall–Kier alpha value is -3.51. The SMILES string of the molecule is CC1(O)Oc2cc(O)c(-n3c(=O)[nH]c4ccccc43)cc2-c2ccccc21. The number of H-pyrrole nitrogens is 1. The fourth-order valence-electron chi connectivity index (χ4n) is 3.72. The Morgan fingerprint density at radius 3 is 2.63 bits per heavy atom. The highest BCUT2D eigenvalue weighted by Gasteiger charge is 2.35. The molecule has 0 spiro atoms. The number of imidazole rings is 1. The van der Waals surface area contributed by atoms with Crippen LogP contribution in [-0.2, 0) is 5.79 Å². The van der Waals surface area contributed by atoms with E-state index in [1.807, 2.05) is 30.3 Å². The molecule has 6 nitrogen and oxygen atoms in total. The van der Waals surface area contributed by atoms with Crippen LogP contribution in [-0.4, -0.2) is 19.8 Å². The second-order valence-electron chi connectivity index (χ2n) is 6.75. The smallest absolute Gasteiger partial charge is 0.331 e. The molecule has 1 aliphatic rings.